The summed E-state index contributed by atoms with van der Waals surface area (Å²) in [5.74, 6) is 0.157. The van der Waals surface area contributed by atoms with Gasteiger partial charge in [-0.3, -0.25) is 9.36 Å². The molecule has 0 unspecified atom stereocenters. The summed E-state index contributed by atoms with van der Waals surface area (Å²) in [6, 6.07) is 20.0. The third-order valence-electron chi connectivity index (χ3n) is 7.21. The average molecular weight is 610 g/mol. The fourth-order valence-electron chi connectivity index (χ4n) is 5.12. The van der Waals surface area contributed by atoms with Crippen LogP contribution in [0.2, 0.25) is 0 Å². The molecule has 3 heterocycles. The highest BCUT2D eigenvalue weighted by molar-refractivity contribution is 7.88. The van der Waals surface area contributed by atoms with Gasteiger partial charge in [0.2, 0.25) is 15.9 Å². The van der Waals surface area contributed by atoms with Gasteiger partial charge in [0, 0.05) is 19.0 Å². The van der Waals surface area contributed by atoms with Crippen molar-refractivity contribution in [2.45, 2.75) is 50.3 Å². The van der Waals surface area contributed by atoms with Crippen molar-refractivity contribution in [3.63, 3.8) is 0 Å². The van der Waals surface area contributed by atoms with Gasteiger partial charge >= 0.3 is 0 Å². The summed E-state index contributed by atoms with van der Waals surface area (Å²) >= 11 is 0. The highest BCUT2D eigenvalue weighted by Crippen LogP contribution is 2.34. The molecule has 1 aliphatic heterocycles. The molecule has 1 aliphatic rings. The smallest absolute Gasteiger partial charge is 0.222 e. The molecule has 13 nitrogen and oxygen atoms in total. The lowest BCUT2D eigenvalue weighted by atomic mass is 9.91. The maximum Gasteiger partial charge on any atom is 0.222 e. The molecule has 4 atom stereocenters. The molecule has 14 heteroatoms. The number of ether oxygens (including phenoxy) is 1. The first-order valence-electron chi connectivity index (χ1n) is 13.9. The van der Waals surface area contributed by atoms with E-state index in [-0.39, 0.29) is 36.3 Å². The fraction of sp³-hybridized carbons (Fsp3) is 0.379. The predicted octanol–water partition coefficient (Wildman–Crippen LogP) is 1.26. The summed E-state index contributed by atoms with van der Waals surface area (Å²) in [5, 5.41) is 27.6. The summed E-state index contributed by atoms with van der Waals surface area (Å²) < 4.78 is 33.5. The second kappa shape index (κ2) is 13.1. The monoisotopic (exact) mass is 609 g/mol. The van der Waals surface area contributed by atoms with Crippen molar-refractivity contribution in [3.05, 3.63) is 83.9 Å². The number of sulfonamides is 1. The number of anilines is 1. The van der Waals surface area contributed by atoms with Gasteiger partial charge < -0.3 is 25.6 Å². The number of aliphatic hydroxyl groups is 2. The van der Waals surface area contributed by atoms with Gasteiger partial charge in [-0.2, -0.15) is 0 Å². The molecule has 2 aromatic carbocycles. The molecular weight excluding hydrogens is 574 g/mol. The van der Waals surface area contributed by atoms with Crippen LogP contribution >= 0.6 is 0 Å². The Kier molecular flexibility index (Phi) is 9.32. The van der Waals surface area contributed by atoms with Gasteiger partial charge in [0.1, 0.15) is 18.0 Å². The summed E-state index contributed by atoms with van der Waals surface area (Å²) in [7, 11) is -3.55. The molecule has 4 aromatic rings. The first-order chi connectivity index (χ1) is 20.6. The van der Waals surface area contributed by atoms with Crippen LogP contribution in [-0.4, -0.2) is 81.7 Å². The second-order valence-corrected chi connectivity index (χ2v) is 12.2. The number of hydrogen-bond donors (Lipinski definition) is 5. The molecule has 5 rings (SSSR count). The molecule has 228 valence electrons. The average Bonchev–Trinajstić information content (AvgIpc) is 3.53. The van der Waals surface area contributed by atoms with Crippen molar-refractivity contribution in [2.75, 3.05) is 24.7 Å². The molecule has 0 radical (unpaired) electrons. The fourth-order valence-corrected chi connectivity index (χ4v) is 5.51. The van der Waals surface area contributed by atoms with Gasteiger partial charge in [0.05, 0.1) is 31.7 Å². The number of carbonyl (C=O) groups excluding carboxylic acids is 1. The maximum absolute atomic E-state index is 12.1. The Morgan fingerprint density at radius 1 is 1.02 bits per heavy atom. The Hall–Kier alpha value is -3.95. The van der Waals surface area contributed by atoms with Crippen LogP contribution in [-0.2, 0) is 26.1 Å². The van der Waals surface area contributed by atoms with Crippen LogP contribution in [0.3, 0.4) is 0 Å². The zero-order chi connectivity index (χ0) is 30.6. The van der Waals surface area contributed by atoms with Gasteiger partial charge in [-0.25, -0.2) is 28.1 Å². The van der Waals surface area contributed by atoms with Crippen molar-refractivity contribution in [1.29, 1.82) is 0 Å². The number of aromatic nitrogens is 4. The van der Waals surface area contributed by atoms with Crippen molar-refractivity contribution in [3.8, 4) is 0 Å². The van der Waals surface area contributed by atoms with E-state index in [0.717, 1.165) is 17.4 Å². The standard InChI is InChI=1S/C29H35N7O6S/c1-3-30-23(37)14-21-25(38)26(39)29(42-21)36-17-32-24-27(34-22(35-28(24)36)16-33-43(2,40)41)31-15-20(18-10-6-4-7-11-18)19-12-8-5-9-13-19/h4-13,17,20-21,25-26,29,33,38-39H,3,14-16H2,1-2H3,(H,30,37)(H,31,34,35)/t21-,25+,26+,29+/m0/s1. The van der Waals surface area contributed by atoms with Crippen molar-refractivity contribution < 1.29 is 28.2 Å². The number of rotatable bonds is 12. The number of hydrogen-bond acceptors (Lipinski definition) is 10. The first-order valence-corrected chi connectivity index (χ1v) is 15.8. The van der Waals surface area contributed by atoms with Crippen molar-refractivity contribution in [1.82, 2.24) is 29.6 Å². The molecular formula is C29H35N7O6S. The molecule has 0 bridgehead atoms. The number of fused-ring (bicyclic) bond motifs is 1. The number of benzene rings is 2. The van der Waals surface area contributed by atoms with E-state index in [4.69, 9.17) is 4.74 Å². The number of amides is 1. The second-order valence-electron chi connectivity index (χ2n) is 10.4. The van der Waals surface area contributed by atoms with Crippen LogP contribution in [0.15, 0.2) is 67.0 Å². The Balaban J connectivity index is 1.49. The number of nitrogens with zero attached hydrogens (tertiary/aromatic N) is 4. The molecule has 5 N–H and O–H groups in total. The molecule has 0 aliphatic carbocycles. The lowest BCUT2D eigenvalue weighted by Gasteiger charge is -2.20. The molecule has 0 saturated carbocycles. The van der Waals surface area contributed by atoms with E-state index in [9.17, 15) is 23.4 Å². The Morgan fingerprint density at radius 3 is 2.28 bits per heavy atom. The summed E-state index contributed by atoms with van der Waals surface area (Å²) in [5.41, 5.74) is 2.80. The minimum absolute atomic E-state index is 0.0442. The number of carbonyl (C=O) groups is 1. The first kappa shape index (κ1) is 30.5. The van der Waals surface area contributed by atoms with Gasteiger partial charge in [-0.1, -0.05) is 60.7 Å². The lowest BCUT2D eigenvalue weighted by molar-refractivity contribution is -0.125. The molecule has 43 heavy (non-hydrogen) atoms. The van der Waals surface area contributed by atoms with Crippen LogP contribution in [0, 0.1) is 0 Å². The zero-order valence-electron chi connectivity index (χ0n) is 23.8. The van der Waals surface area contributed by atoms with Gasteiger partial charge in [0.15, 0.2) is 23.2 Å². The van der Waals surface area contributed by atoms with Gasteiger partial charge in [-0.05, 0) is 18.1 Å². The van der Waals surface area contributed by atoms with Crippen LogP contribution in [0.5, 0.6) is 0 Å². The molecule has 1 amide bonds. The zero-order valence-corrected chi connectivity index (χ0v) is 24.6. The molecule has 1 fully saturated rings. The van der Waals surface area contributed by atoms with E-state index in [2.05, 4.69) is 30.3 Å². The Morgan fingerprint density at radius 2 is 1.67 bits per heavy atom. The topological polar surface area (TPSA) is 181 Å². The normalized spacial score (nSPS) is 20.5. The number of aliphatic hydroxyl groups excluding tert-OH is 2. The molecule has 0 spiro atoms. The number of imidazole rings is 1. The third-order valence-corrected chi connectivity index (χ3v) is 7.88. The minimum atomic E-state index is -3.55. The molecule has 1 saturated heterocycles. The Labute approximate surface area is 249 Å². The summed E-state index contributed by atoms with van der Waals surface area (Å²) in [4.78, 5) is 25.8. The summed E-state index contributed by atoms with van der Waals surface area (Å²) in [6.07, 6.45) is -2.43. The molecule has 2 aromatic heterocycles. The Bertz CT molecular complexity index is 1610. The summed E-state index contributed by atoms with van der Waals surface area (Å²) in [6.45, 7) is 2.45. The van der Waals surface area contributed by atoms with E-state index < -0.39 is 34.6 Å². The van der Waals surface area contributed by atoms with Crippen molar-refractivity contribution >= 4 is 32.9 Å². The van der Waals surface area contributed by atoms with E-state index in [1.807, 2.05) is 60.7 Å². The predicted molar refractivity (Wildman–Crippen MR) is 159 cm³/mol. The SMILES string of the molecule is CCNC(=O)C[C@@H]1O[C@@H](n2cnc3c(NCC(c4ccccc4)c4ccccc4)nc(CNS(C)(=O)=O)nc32)[C@H](O)[C@@H]1O. The largest absolute Gasteiger partial charge is 0.388 e. The van der Waals surface area contributed by atoms with E-state index in [1.54, 1.807) is 6.92 Å². The highest BCUT2D eigenvalue weighted by Gasteiger charge is 2.45. The van der Waals surface area contributed by atoms with Crippen LogP contribution in [0.1, 0.15) is 42.4 Å². The van der Waals surface area contributed by atoms with Crippen LogP contribution < -0.4 is 15.4 Å². The van der Waals surface area contributed by atoms with E-state index in [0.29, 0.717) is 24.4 Å². The van der Waals surface area contributed by atoms with E-state index >= 15 is 0 Å². The van der Waals surface area contributed by atoms with Gasteiger partial charge in [-0.15, -0.1) is 0 Å². The number of nitrogens with one attached hydrogen (secondary N) is 3. The third kappa shape index (κ3) is 7.17. The van der Waals surface area contributed by atoms with E-state index in [1.165, 1.54) is 10.9 Å². The quantitative estimate of drug-likeness (QED) is 0.157. The lowest BCUT2D eigenvalue weighted by Crippen LogP contribution is -2.35. The van der Waals surface area contributed by atoms with Crippen molar-refractivity contribution in [2.24, 2.45) is 0 Å². The maximum atomic E-state index is 12.1. The highest BCUT2D eigenvalue weighted by atomic mass is 32.2. The minimum Gasteiger partial charge on any atom is -0.388 e. The van der Waals surface area contributed by atoms with Crippen LogP contribution in [0.4, 0.5) is 5.82 Å². The van der Waals surface area contributed by atoms with Crippen LogP contribution in [0.25, 0.3) is 11.2 Å². The van der Waals surface area contributed by atoms with Gasteiger partial charge in [0.25, 0.3) is 0 Å².